The van der Waals surface area contributed by atoms with Crippen molar-refractivity contribution in [2.24, 2.45) is 11.7 Å². The highest BCUT2D eigenvalue weighted by Gasteiger charge is 2.28. The third-order valence-corrected chi connectivity index (χ3v) is 4.59. The Morgan fingerprint density at radius 1 is 1.41 bits per heavy atom. The molecule has 22 heavy (non-hydrogen) atoms. The summed E-state index contributed by atoms with van der Waals surface area (Å²) < 4.78 is 13.9. The fraction of sp³-hybridized carbons (Fsp3) is 0.412. The molecular weight excluding hydrogens is 281 g/mol. The minimum absolute atomic E-state index is 0.101. The van der Waals surface area contributed by atoms with E-state index in [4.69, 9.17) is 5.73 Å². The number of nitrogens with two attached hydrogens (primary N) is 1. The number of aromatic nitrogens is 1. The van der Waals surface area contributed by atoms with Crippen molar-refractivity contribution in [2.45, 2.75) is 32.4 Å². The minimum Gasteiger partial charge on any atom is -0.369 e. The molecule has 1 aromatic carbocycles. The van der Waals surface area contributed by atoms with Crippen molar-refractivity contribution < 1.29 is 9.18 Å². The third-order valence-electron chi connectivity index (χ3n) is 4.59. The van der Waals surface area contributed by atoms with Crippen LogP contribution >= 0.6 is 0 Å². The third kappa shape index (κ3) is 2.81. The number of nitrogens with zero attached hydrogens (tertiary/aromatic N) is 2. The fourth-order valence-corrected chi connectivity index (χ4v) is 3.17. The summed E-state index contributed by atoms with van der Waals surface area (Å²) in [6, 6.07) is 7.12. The second-order valence-corrected chi connectivity index (χ2v) is 6.06. The van der Waals surface area contributed by atoms with Crippen LogP contribution in [0, 0.1) is 11.7 Å². The zero-order valence-electron chi connectivity index (χ0n) is 12.6. The number of halogens is 1. The van der Waals surface area contributed by atoms with Gasteiger partial charge >= 0.3 is 0 Å². The number of carbonyl (C=O) groups excluding carboxylic acids is 1. The van der Waals surface area contributed by atoms with E-state index >= 15 is 0 Å². The zero-order valence-corrected chi connectivity index (χ0v) is 12.6. The normalized spacial score (nSPS) is 22.8. The highest BCUT2D eigenvalue weighted by Crippen LogP contribution is 2.26. The summed E-state index contributed by atoms with van der Waals surface area (Å²) in [6.07, 6.45) is 3.46. The molecule has 0 aliphatic carbocycles. The second kappa shape index (κ2) is 6.01. The molecule has 2 atom stereocenters. The van der Waals surface area contributed by atoms with E-state index in [0.29, 0.717) is 30.0 Å². The van der Waals surface area contributed by atoms with Crippen molar-refractivity contribution in [3.05, 3.63) is 41.8 Å². The number of pyridine rings is 1. The monoisotopic (exact) mass is 301 g/mol. The molecule has 2 heterocycles. The number of carbonyl (C=O) groups is 1. The lowest BCUT2D eigenvalue weighted by Crippen LogP contribution is -2.45. The van der Waals surface area contributed by atoms with E-state index in [-0.39, 0.29) is 17.6 Å². The number of hydrogen-bond acceptors (Lipinski definition) is 3. The number of hydrogen-bond donors (Lipinski definition) is 1. The molecule has 1 amide bonds. The molecule has 0 radical (unpaired) electrons. The maximum Gasteiger partial charge on any atom is 0.221 e. The molecule has 1 saturated heterocycles. The average molecular weight is 301 g/mol. The van der Waals surface area contributed by atoms with Gasteiger partial charge in [0.1, 0.15) is 5.82 Å². The Morgan fingerprint density at radius 3 is 3.00 bits per heavy atom. The van der Waals surface area contributed by atoms with Crippen LogP contribution in [0.25, 0.3) is 10.9 Å². The van der Waals surface area contributed by atoms with Crippen molar-refractivity contribution >= 4 is 16.8 Å². The van der Waals surface area contributed by atoms with Gasteiger partial charge in [0.2, 0.25) is 5.91 Å². The largest absolute Gasteiger partial charge is 0.369 e. The molecule has 1 aliphatic heterocycles. The van der Waals surface area contributed by atoms with Crippen molar-refractivity contribution in [1.82, 2.24) is 9.88 Å². The highest BCUT2D eigenvalue weighted by atomic mass is 19.1. The summed E-state index contributed by atoms with van der Waals surface area (Å²) in [7, 11) is 0. The molecule has 0 spiro atoms. The number of rotatable bonds is 3. The smallest absolute Gasteiger partial charge is 0.221 e. The van der Waals surface area contributed by atoms with E-state index in [2.05, 4.69) is 16.8 Å². The van der Waals surface area contributed by atoms with Crippen LogP contribution in [0.1, 0.15) is 25.3 Å². The van der Waals surface area contributed by atoms with Crippen LogP contribution in [0.2, 0.25) is 0 Å². The van der Waals surface area contributed by atoms with Gasteiger partial charge in [0.25, 0.3) is 0 Å². The van der Waals surface area contributed by atoms with Crippen LogP contribution in [0.5, 0.6) is 0 Å². The van der Waals surface area contributed by atoms with E-state index in [1.807, 2.05) is 0 Å². The summed E-state index contributed by atoms with van der Waals surface area (Å²) in [5.74, 6) is -0.594. The summed E-state index contributed by atoms with van der Waals surface area (Å²) in [6.45, 7) is 3.46. The number of likely N-dealkylation sites (tertiary alicyclic amines) is 1. The van der Waals surface area contributed by atoms with E-state index in [0.717, 1.165) is 18.4 Å². The second-order valence-electron chi connectivity index (χ2n) is 6.06. The van der Waals surface area contributed by atoms with Crippen LogP contribution in [0.3, 0.4) is 0 Å². The van der Waals surface area contributed by atoms with Gasteiger partial charge in [0, 0.05) is 30.7 Å². The van der Waals surface area contributed by atoms with E-state index < -0.39 is 0 Å². The molecule has 1 aliphatic rings. The summed E-state index contributed by atoms with van der Waals surface area (Å²) >= 11 is 0. The molecular formula is C17H20FN3O. The molecule has 1 aromatic heterocycles. The fourth-order valence-electron chi connectivity index (χ4n) is 3.17. The first-order valence-corrected chi connectivity index (χ1v) is 7.61. The molecule has 116 valence electrons. The number of fused-ring (bicyclic) bond motifs is 1. The molecule has 2 unspecified atom stereocenters. The summed E-state index contributed by atoms with van der Waals surface area (Å²) in [5, 5.41) is 0.538. The quantitative estimate of drug-likeness (QED) is 0.947. The van der Waals surface area contributed by atoms with Gasteiger partial charge in [-0.05, 0) is 43.5 Å². The van der Waals surface area contributed by atoms with Gasteiger partial charge in [0.15, 0.2) is 0 Å². The Bertz CT molecular complexity index is 703. The lowest BCUT2D eigenvalue weighted by molar-refractivity contribution is -0.124. The minimum atomic E-state index is -0.256. The van der Waals surface area contributed by atoms with Gasteiger partial charge in [0.05, 0.1) is 11.4 Å². The maximum atomic E-state index is 13.9. The Hall–Kier alpha value is -2.01. The molecule has 0 bridgehead atoms. The predicted octanol–water partition coefficient (Wildman–Crippen LogP) is 2.46. The number of benzene rings is 1. The summed E-state index contributed by atoms with van der Waals surface area (Å²) in [4.78, 5) is 18.0. The van der Waals surface area contributed by atoms with Gasteiger partial charge in [-0.15, -0.1) is 0 Å². The van der Waals surface area contributed by atoms with Gasteiger partial charge in [-0.3, -0.25) is 14.7 Å². The first kappa shape index (κ1) is 14.9. The number of piperidine rings is 1. The van der Waals surface area contributed by atoms with Crippen LogP contribution < -0.4 is 5.73 Å². The average Bonchev–Trinajstić information content (AvgIpc) is 2.52. The molecule has 0 saturated carbocycles. The Labute approximate surface area is 129 Å². The topological polar surface area (TPSA) is 59.2 Å². The lowest BCUT2D eigenvalue weighted by Gasteiger charge is -2.37. The highest BCUT2D eigenvalue weighted by molar-refractivity contribution is 5.82. The van der Waals surface area contributed by atoms with Crippen molar-refractivity contribution in [2.75, 3.05) is 6.54 Å². The standard InChI is InChI=1S/C17H20FN3O/c1-11-4-5-13(17(19)22)10-21(11)9-12-6-7-15(18)14-3-2-8-20-16(12)14/h2-3,6-8,11,13H,4-5,9-10H2,1H3,(H2,19,22). The van der Waals surface area contributed by atoms with Gasteiger partial charge < -0.3 is 5.73 Å². The number of amides is 1. The predicted molar refractivity (Wildman–Crippen MR) is 83.5 cm³/mol. The SMILES string of the molecule is CC1CCC(C(N)=O)CN1Cc1ccc(F)c2cccnc12. The maximum absolute atomic E-state index is 13.9. The van der Waals surface area contributed by atoms with Crippen LogP contribution in [-0.4, -0.2) is 28.4 Å². The molecule has 1 fully saturated rings. The van der Waals surface area contributed by atoms with Gasteiger partial charge in [-0.25, -0.2) is 4.39 Å². The van der Waals surface area contributed by atoms with Crippen LogP contribution in [0.4, 0.5) is 4.39 Å². The van der Waals surface area contributed by atoms with Crippen LogP contribution in [-0.2, 0) is 11.3 Å². The molecule has 3 rings (SSSR count). The zero-order chi connectivity index (χ0) is 15.7. The first-order chi connectivity index (χ1) is 10.6. The molecule has 2 N–H and O–H groups in total. The van der Waals surface area contributed by atoms with E-state index in [1.165, 1.54) is 6.07 Å². The van der Waals surface area contributed by atoms with Crippen molar-refractivity contribution in [3.63, 3.8) is 0 Å². The Kier molecular flexibility index (Phi) is 4.07. The molecule has 2 aromatic rings. The molecule has 5 heteroatoms. The van der Waals surface area contributed by atoms with E-state index in [1.54, 1.807) is 24.4 Å². The Balaban J connectivity index is 1.89. The lowest BCUT2D eigenvalue weighted by atomic mass is 9.92. The van der Waals surface area contributed by atoms with Crippen molar-refractivity contribution in [3.8, 4) is 0 Å². The van der Waals surface area contributed by atoms with Crippen molar-refractivity contribution in [1.29, 1.82) is 0 Å². The van der Waals surface area contributed by atoms with Crippen LogP contribution in [0.15, 0.2) is 30.5 Å². The van der Waals surface area contributed by atoms with E-state index in [9.17, 15) is 9.18 Å². The summed E-state index contributed by atoms with van der Waals surface area (Å²) in [5.41, 5.74) is 7.12. The number of primary amides is 1. The first-order valence-electron chi connectivity index (χ1n) is 7.61. The van der Waals surface area contributed by atoms with Gasteiger partial charge in [-0.2, -0.15) is 0 Å². The molecule has 4 nitrogen and oxygen atoms in total. The van der Waals surface area contributed by atoms with Gasteiger partial charge in [-0.1, -0.05) is 6.07 Å². The Morgan fingerprint density at radius 2 is 2.23 bits per heavy atom.